The molecule has 2 aromatic carbocycles. The highest BCUT2D eigenvalue weighted by Gasteiger charge is 2.40. The van der Waals surface area contributed by atoms with Gasteiger partial charge in [-0.05, 0) is 67.4 Å². The number of fused-ring (bicyclic) bond motifs is 2. The molecule has 8 aromatic rings. The first-order valence-corrected chi connectivity index (χ1v) is 26.5. The maximum Gasteiger partial charge on any atom is 0.329 e. The quantitative estimate of drug-likeness (QED) is 0.0876. The molecule has 18 nitrogen and oxygen atoms in total. The summed E-state index contributed by atoms with van der Waals surface area (Å²) in [6.07, 6.45) is 10.5. The lowest BCUT2D eigenvalue weighted by Gasteiger charge is -2.38. The number of carbonyl (C=O) groups excluding carboxylic acids is 2. The summed E-state index contributed by atoms with van der Waals surface area (Å²) in [5.41, 5.74) is 9.22. The van der Waals surface area contributed by atoms with Crippen LogP contribution in [0, 0.1) is 13.8 Å². The number of amides is 2. The lowest BCUT2D eigenvalue weighted by molar-refractivity contribution is 0.141. The van der Waals surface area contributed by atoms with Gasteiger partial charge in [-0.25, -0.2) is 29.5 Å². The van der Waals surface area contributed by atoms with Crippen molar-refractivity contribution in [2.75, 3.05) is 23.8 Å². The van der Waals surface area contributed by atoms with Crippen molar-refractivity contribution < 1.29 is 19.1 Å². The molecule has 3 N–H and O–H groups in total. The first-order chi connectivity index (χ1) is 34.0. The van der Waals surface area contributed by atoms with Gasteiger partial charge in [-0.1, -0.05) is 80.4 Å². The molecule has 71 heavy (non-hydrogen) atoms. The van der Waals surface area contributed by atoms with Gasteiger partial charge in [0, 0.05) is 73.5 Å². The predicted octanol–water partition coefficient (Wildman–Crippen LogP) is 9.53. The lowest BCUT2D eigenvalue weighted by Crippen LogP contribution is -2.44. The minimum atomic E-state index is -2.01. The molecule has 0 aliphatic carbocycles. The van der Waals surface area contributed by atoms with Crippen LogP contribution in [0.1, 0.15) is 66.5 Å². The normalized spacial score (nSPS) is 14.3. The molecule has 2 aliphatic heterocycles. The minimum absolute atomic E-state index is 0.0520. The van der Waals surface area contributed by atoms with Gasteiger partial charge in [0.2, 0.25) is 11.9 Å². The molecular weight excluding hydrogens is 913 g/mol. The van der Waals surface area contributed by atoms with Crippen molar-refractivity contribution >= 4 is 43.9 Å². The molecule has 2 atom stereocenters. The van der Waals surface area contributed by atoms with Gasteiger partial charge in [0.05, 0.1) is 62.2 Å². The highest BCUT2D eigenvalue weighted by Crippen LogP contribution is 2.39. The van der Waals surface area contributed by atoms with E-state index in [1.54, 1.807) is 54.4 Å². The average Bonchev–Trinajstić information content (AvgIpc) is 4.21. The van der Waals surface area contributed by atoms with E-state index in [9.17, 15) is 14.7 Å². The van der Waals surface area contributed by atoms with Gasteiger partial charge in [0.15, 0.2) is 8.32 Å². The van der Waals surface area contributed by atoms with E-state index >= 15 is 0 Å². The average molecular weight is 973 g/mol. The molecule has 0 unspecified atom stereocenters. The van der Waals surface area contributed by atoms with E-state index < -0.39 is 8.32 Å². The van der Waals surface area contributed by atoms with E-state index in [2.05, 4.69) is 106 Å². The van der Waals surface area contributed by atoms with Gasteiger partial charge in [0.1, 0.15) is 11.6 Å². The SMILES string of the molecule is Cc1cccc([C@@H](CO)N2Cc3cc(-c4ccnc(Nc5ccnn5C)n4)cn3C2=O)c1.Cc1cccc([C@@H](CO[Si](C)(C)C(C)(C)C)N2Cc3cc(-c4ccnc(Nc5ccnn5C)n4)cn3C2=O)c1. The predicted molar refractivity (Wildman–Crippen MR) is 275 cm³/mol. The molecule has 2 aliphatic rings. The summed E-state index contributed by atoms with van der Waals surface area (Å²) >= 11 is 0. The zero-order valence-electron chi connectivity index (χ0n) is 41.6. The fraction of sp³-hybridized carbons (Fsp3) is 0.308. The van der Waals surface area contributed by atoms with Crippen LogP contribution in [0.2, 0.25) is 18.1 Å². The van der Waals surface area contributed by atoms with Crippen molar-refractivity contribution in [3.05, 3.63) is 156 Å². The molecule has 0 saturated heterocycles. The van der Waals surface area contributed by atoms with E-state index in [1.165, 1.54) is 0 Å². The third-order valence-electron chi connectivity index (χ3n) is 13.6. The number of nitrogens with zero attached hydrogens (tertiary/aromatic N) is 12. The Kier molecular flexibility index (Phi) is 13.3. The van der Waals surface area contributed by atoms with Crippen molar-refractivity contribution in [2.45, 2.75) is 77.9 Å². The zero-order chi connectivity index (χ0) is 50.2. The summed E-state index contributed by atoms with van der Waals surface area (Å²) in [5, 5.41) is 24.7. The van der Waals surface area contributed by atoms with Crippen molar-refractivity contribution in [3.8, 4) is 22.5 Å². The number of nitrogens with one attached hydrogen (secondary N) is 2. The van der Waals surface area contributed by atoms with E-state index in [0.717, 1.165) is 62.1 Å². The topological polar surface area (TPSA) is 191 Å². The molecule has 0 spiro atoms. The Balaban J connectivity index is 0.000000179. The standard InChI is InChI=1S/C29H37N7O2Si.C23H23N7O2/c1-20-9-8-10-21(15-20)25(19-38-39(6,7)29(2,3)4)36-18-23-16-22(17-35(23)28(36)37)24-11-13-30-27(32-24)33-26-12-14-31-34(26)5;1-15-4-3-5-16(10-15)20(14-31)30-13-18-11-17(12-29(18)23(30)32)19-6-8-24-22(26-19)27-21-7-9-25-28(21)2/h8-17,25H,18-19H2,1-7H3,(H,30,32,33);3-12,20,31H,13-14H2,1-2H3,(H,24,26,27)/t25-;20-/m11/s1. The van der Waals surface area contributed by atoms with E-state index in [0.29, 0.717) is 37.3 Å². The Bertz CT molecular complexity index is 3220. The first kappa shape index (κ1) is 48.3. The first-order valence-electron chi connectivity index (χ1n) is 23.6. The monoisotopic (exact) mass is 972 g/mol. The summed E-state index contributed by atoms with van der Waals surface area (Å²) < 4.78 is 13.4. The molecule has 8 heterocycles. The highest BCUT2D eigenvalue weighted by molar-refractivity contribution is 6.74. The summed E-state index contributed by atoms with van der Waals surface area (Å²) in [6.45, 7) is 16.5. The van der Waals surface area contributed by atoms with Crippen LogP contribution >= 0.6 is 0 Å². The highest BCUT2D eigenvalue weighted by atomic mass is 28.4. The number of aliphatic hydroxyl groups is 1. The van der Waals surface area contributed by atoms with Crippen molar-refractivity contribution in [1.82, 2.24) is 58.4 Å². The van der Waals surface area contributed by atoms with Crippen molar-refractivity contribution in [1.29, 1.82) is 0 Å². The molecule has 10 rings (SSSR count). The Hall–Kier alpha value is -7.74. The van der Waals surface area contributed by atoms with Gasteiger partial charge in [-0.15, -0.1) is 0 Å². The van der Waals surface area contributed by atoms with Crippen LogP contribution in [0.25, 0.3) is 22.5 Å². The number of hydrogen-bond acceptors (Lipinski definition) is 12. The summed E-state index contributed by atoms with van der Waals surface area (Å²) in [7, 11) is 1.68. The van der Waals surface area contributed by atoms with Gasteiger partial charge < -0.3 is 30.0 Å². The second kappa shape index (κ2) is 19.6. The molecule has 6 aromatic heterocycles. The molecule has 0 fully saturated rings. The van der Waals surface area contributed by atoms with Crippen LogP contribution < -0.4 is 10.6 Å². The summed E-state index contributed by atoms with van der Waals surface area (Å²) in [4.78, 5) is 48.4. The van der Waals surface area contributed by atoms with Crippen LogP contribution in [-0.4, -0.2) is 97.1 Å². The number of hydrogen-bond donors (Lipinski definition) is 3. The summed E-state index contributed by atoms with van der Waals surface area (Å²) in [6, 6.07) is 26.8. The Morgan fingerprint density at radius 3 is 1.54 bits per heavy atom. The van der Waals surface area contributed by atoms with E-state index in [4.69, 9.17) is 4.43 Å². The van der Waals surface area contributed by atoms with Gasteiger partial charge in [-0.2, -0.15) is 10.2 Å². The maximum atomic E-state index is 13.8. The molecule has 2 amide bonds. The third kappa shape index (κ3) is 10.1. The lowest BCUT2D eigenvalue weighted by atomic mass is 10.0. The number of aliphatic hydroxyl groups excluding tert-OH is 1. The Labute approximate surface area is 414 Å². The van der Waals surface area contributed by atoms with E-state index in [-0.39, 0.29) is 35.8 Å². The molecule has 0 bridgehead atoms. The smallest absolute Gasteiger partial charge is 0.329 e. The number of aryl methyl sites for hydroxylation is 4. The van der Waals surface area contributed by atoms with E-state index in [1.807, 2.05) is 92.8 Å². The second-order valence-corrected chi connectivity index (χ2v) is 24.4. The van der Waals surface area contributed by atoms with Crippen LogP contribution in [0.3, 0.4) is 0 Å². The summed E-state index contributed by atoms with van der Waals surface area (Å²) in [5.74, 6) is 2.49. The van der Waals surface area contributed by atoms with Crippen LogP contribution in [0.15, 0.2) is 122 Å². The minimum Gasteiger partial charge on any atom is -0.414 e. The third-order valence-corrected chi connectivity index (χ3v) is 18.1. The van der Waals surface area contributed by atoms with Crippen molar-refractivity contribution in [3.63, 3.8) is 0 Å². The molecular formula is C52H60N14O4Si. The maximum absolute atomic E-state index is 13.8. The Morgan fingerprint density at radius 1 is 0.662 bits per heavy atom. The molecule has 0 saturated carbocycles. The Morgan fingerprint density at radius 2 is 1.13 bits per heavy atom. The van der Waals surface area contributed by atoms with Gasteiger partial charge >= 0.3 is 12.1 Å². The number of rotatable bonds is 14. The largest absolute Gasteiger partial charge is 0.414 e. The second-order valence-electron chi connectivity index (χ2n) is 19.6. The molecule has 19 heteroatoms. The van der Waals surface area contributed by atoms with Crippen LogP contribution in [-0.2, 0) is 31.6 Å². The van der Waals surface area contributed by atoms with Gasteiger partial charge in [0.25, 0.3) is 0 Å². The van der Waals surface area contributed by atoms with Crippen LogP contribution in [0.5, 0.6) is 0 Å². The fourth-order valence-electron chi connectivity index (χ4n) is 8.53. The molecule has 366 valence electrons. The fourth-order valence-corrected chi connectivity index (χ4v) is 9.54. The number of benzene rings is 2. The van der Waals surface area contributed by atoms with Crippen LogP contribution in [0.4, 0.5) is 33.1 Å². The van der Waals surface area contributed by atoms with Gasteiger partial charge in [-0.3, -0.25) is 18.5 Å². The van der Waals surface area contributed by atoms with Crippen molar-refractivity contribution in [2.24, 2.45) is 14.1 Å². The zero-order valence-corrected chi connectivity index (χ0v) is 42.6. The number of carbonyl (C=O) groups is 2. The molecule has 0 radical (unpaired) electrons. The number of anilines is 4. The number of aromatic nitrogens is 10.